The molecule has 0 N–H and O–H groups in total. The van der Waals surface area contributed by atoms with Gasteiger partial charge in [-0.3, -0.25) is 4.79 Å². The summed E-state index contributed by atoms with van der Waals surface area (Å²) in [4.78, 5) is 19.7. The fourth-order valence-electron chi connectivity index (χ4n) is 2.66. The van der Waals surface area contributed by atoms with E-state index in [4.69, 9.17) is 11.6 Å². The first kappa shape index (κ1) is 18.9. The monoisotopic (exact) mass is 411 g/mol. The molecule has 0 aliphatic heterocycles. The average molecular weight is 412 g/mol. The summed E-state index contributed by atoms with van der Waals surface area (Å²) in [5.74, 6) is 0.0289. The van der Waals surface area contributed by atoms with Crippen molar-refractivity contribution in [1.29, 1.82) is 0 Å². The number of nitrogens with zero attached hydrogens (tertiary/aromatic N) is 3. The van der Waals surface area contributed by atoms with Gasteiger partial charge in [-0.05, 0) is 24.3 Å². The van der Waals surface area contributed by atoms with Crippen molar-refractivity contribution in [3.05, 3.63) is 51.4 Å². The SMILES string of the molecule is CN(Cc1ccc(Cl)s1)C(=O)Cn1c(CS(C)(=O)=O)nc2ccccc21. The predicted octanol–water partition coefficient (Wildman–Crippen LogP) is 2.95. The van der Waals surface area contributed by atoms with Gasteiger partial charge in [0.2, 0.25) is 5.91 Å². The number of benzene rings is 1. The van der Waals surface area contributed by atoms with Crippen LogP contribution in [0.3, 0.4) is 0 Å². The molecular weight excluding hydrogens is 394 g/mol. The molecule has 0 radical (unpaired) electrons. The number of carbonyl (C=O) groups excluding carboxylic acids is 1. The number of likely N-dealkylation sites (N-methyl/N-ethyl adjacent to an activating group) is 1. The second-order valence-electron chi connectivity index (χ2n) is 6.13. The van der Waals surface area contributed by atoms with Crippen molar-refractivity contribution < 1.29 is 13.2 Å². The maximum absolute atomic E-state index is 12.7. The van der Waals surface area contributed by atoms with Crippen molar-refractivity contribution in [3.63, 3.8) is 0 Å². The van der Waals surface area contributed by atoms with E-state index < -0.39 is 9.84 Å². The van der Waals surface area contributed by atoms with Crippen LogP contribution in [0.2, 0.25) is 4.34 Å². The molecule has 0 saturated heterocycles. The van der Waals surface area contributed by atoms with Crippen LogP contribution in [0.25, 0.3) is 11.0 Å². The molecule has 0 saturated carbocycles. The van der Waals surface area contributed by atoms with Gasteiger partial charge in [0, 0.05) is 18.2 Å². The lowest BCUT2D eigenvalue weighted by Gasteiger charge is -2.18. The first-order valence-corrected chi connectivity index (χ1v) is 11.1. The van der Waals surface area contributed by atoms with Gasteiger partial charge in [0.15, 0.2) is 9.84 Å². The Morgan fingerprint density at radius 3 is 2.65 bits per heavy atom. The van der Waals surface area contributed by atoms with E-state index >= 15 is 0 Å². The third-order valence-electron chi connectivity index (χ3n) is 3.87. The van der Waals surface area contributed by atoms with Gasteiger partial charge in [0.25, 0.3) is 0 Å². The van der Waals surface area contributed by atoms with Gasteiger partial charge in [0.1, 0.15) is 18.1 Å². The Bertz CT molecular complexity index is 1060. The number of hydrogen-bond donors (Lipinski definition) is 0. The van der Waals surface area contributed by atoms with Gasteiger partial charge in [-0.25, -0.2) is 13.4 Å². The lowest BCUT2D eigenvalue weighted by atomic mass is 10.3. The molecule has 0 fully saturated rings. The zero-order valence-electron chi connectivity index (χ0n) is 14.3. The van der Waals surface area contributed by atoms with Crippen LogP contribution in [0.4, 0.5) is 0 Å². The minimum Gasteiger partial charge on any atom is -0.339 e. The number of fused-ring (bicyclic) bond motifs is 1. The quantitative estimate of drug-likeness (QED) is 0.625. The largest absolute Gasteiger partial charge is 0.339 e. The molecule has 1 amide bonds. The normalized spacial score (nSPS) is 11.8. The van der Waals surface area contributed by atoms with Crippen LogP contribution >= 0.6 is 22.9 Å². The molecule has 0 aliphatic carbocycles. The second-order valence-corrected chi connectivity index (χ2v) is 10.1. The molecule has 26 heavy (non-hydrogen) atoms. The van der Waals surface area contributed by atoms with Gasteiger partial charge < -0.3 is 9.47 Å². The number of halogens is 1. The van der Waals surface area contributed by atoms with Gasteiger partial charge in [-0.1, -0.05) is 23.7 Å². The molecule has 2 aromatic heterocycles. The molecule has 2 heterocycles. The van der Waals surface area contributed by atoms with Gasteiger partial charge in [-0.2, -0.15) is 0 Å². The molecule has 0 atom stereocenters. The highest BCUT2D eigenvalue weighted by atomic mass is 35.5. The van der Waals surface area contributed by atoms with E-state index in [1.807, 2.05) is 24.3 Å². The van der Waals surface area contributed by atoms with Crippen LogP contribution in [-0.2, 0) is 33.5 Å². The van der Waals surface area contributed by atoms with E-state index in [1.165, 1.54) is 11.3 Å². The topological polar surface area (TPSA) is 72.3 Å². The lowest BCUT2D eigenvalue weighted by molar-refractivity contribution is -0.131. The Balaban J connectivity index is 1.86. The molecule has 0 aliphatic rings. The summed E-state index contributed by atoms with van der Waals surface area (Å²) in [5.41, 5.74) is 1.42. The zero-order chi connectivity index (χ0) is 18.9. The number of aromatic nitrogens is 2. The van der Waals surface area contributed by atoms with E-state index in [0.29, 0.717) is 22.2 Å². The highest BCUT2D eigenvalue weighted by Gasteiger charge is 2.19. The third kappa shape index (κ3) is 4.44. The van der Waals surface area contributed by atoms with Crippen LogP contribution in [0.5, 0.6) is 0 Å². The van der Waals surface area contributed by atoms with E-state index in [2.05, 4.69) is 4.98 Å². The maximum atomic E-state index is 12.7. The van der Waals surface area contributed by atoms with Gasteiger partial charge in [-0.15, -0.1) is 11.3 Å². The van der Waals surface area contributed by atoms with Gasteiger partial charge >= 0.3 is 0 Å². The summed E-state index contributed by atoms with van der Waals surface area (Å²) in [6.45, 7) is 0.477. The molecule has 0 bridgehead atoms. The molecule has 138 valence electrons. The second kappa shape index (κ2) is 7.38. The van der Waals surface area contributed by atoms with Crippen molar-refractivity contribution in [2.45, 2.75) is 18.8 Å². The summed E-state index contributed by atoms with van der Waals surface area (Å²) >= 11 is 7.36. The predicted molar refractivity (Wildman–Crippen MR) is 104 cm³/mol. The Labute approximate surface area is 160 Å². The van der Waals surface area contributed by atoms with E-state index in [9.17, 15) is 13.2 Å². The van der Waals surface area contributed by atoms with Crippen LogP contribution in [0, 0.1) is 0 Å². The molecule has 1 aromatic carbocycles. The number of rotatable bonds is 6. The number of amides is 1. The van der Waals surface area contributed by atoms with E-state index in [1.54, 1.807) is 28.6 Å². The van der Waals surface area contributed by atoms with E-state index in [-0.39, 0.29) is 18.2 Å². The maximum Gasteiger partial charge on any atom is 0.242 e. The standard InChI is InChI=1S/C17H18ClN3O3S2/c1-20(9-12-7-8-15(18)25-12)17(22)10-21-14-6-4-3-5-13(14)19-16(21)11-26(2,23)24/h3-8H,9-11H2,1-2H3. The summed E-state index contributed by atoms with van der Waals surface area (Å²) < 4.78 is 25.8. The highest BCUT2D eigenvalue weighted by Crippen LogP contribution is 2.23. The number of imidazole rings is 1. The van der Waals surface area contributed by atoms with Crippen molar-refractivity contribution in [1.82, 2.24) is 14.5 Å². The first-order chi connectivity index (χ1) is 12.2. The number of hydrogen-bond acceptors (Lipinski definition) is 5. The Hall–Kier alpha value is -1.90. The summed E-state index contributed by atoms with van der Waals surface area (Å²) in [6.07, 6.45) is 1.16. The summed E-state index contributed by atoms with van der Waals surface area (Å²) in [5, 5.41) is 0. The fourth-order valence-corrected chi connectivity index (χ4v) is 4.49. The number of thiophene rings is 1. The van der Waals surface area contributed by atoms with Crippen LogP contribution in [-0.4, -0.2) is 42.1 Å². The molecule has 3 rings (SSSR count). The fraction of sp³-hybridized carbons (Fsp3) is 0.294. The third-order valence-corrected chi connectivity index (χ3v) is 5.86. The minimum atomic E-state index is -3.27. The minimum absolute atomic E-state index is 0.0287. The lowest BCUT2D eigenvalue weighted by Crippen LogP contribution is -2.30. The first-order valence-electron chi connectivity index (χ1n) is 7.83. The average Bonchev–Trinajstić information content (AvgIpc) is 3.10. The molecule has 9 heteroatoms. The van der Waals surface area contributed by atoms with Crippen LogP contribution < -0.4 is 0 Å². The molecule has 6 nitrogen and oxygen atoms in total. The Morgan fingerprint density at radius 1 is 1.27 bits per heavy atom. The number of para-hydroxylation sites is 2. The van der Waals surface area contributed by atoms with Gasteiger partial charge in [0.05, 0.1) is 21.9 Å². The molecule has 3 aromatic rings. The van der Waals surface area contributed by atoms with Crippen LogP contribution in [0.1, 0.15) is 10.7 Å². The molecule has 0 spiro atoms. The zero-order valence-corrected chi connectivity index (χ0v) is 16.7. The molecular formula is C17H18ClN3O3S2. The summed E-state index contributed by atoms with van der Waals surface area (Å²) in [6, 6.07) is 11.0. The highest BCUT2D eigenvalue weighted by molar-refractivity contribution is 7.89. The molecule has 0 unspecified atom stereocenters. The Morgan fingerprint density at radius 2 is 2.00 bits per heavy atom. The number of sulfone groups is 1. The summed E-state index contributed by atoms with van der Waals surface area (Å²) in [7, 11) is -1.56. The van der Waals surface area contributed by atoms with Crippen molar-refractivity contribution in [2.75, 3.05) is 13.3 Å². The van der Waals surface area contributed by atoms with E-state index in [0.717, 1.165) is 16.6 Å². The van der Waals surface area contributed by atoms with Crippen molar-refractivity contribution in [2.24, 2.45) is 0 Å². The van der Waals surface area contributed by atoms with Crippen LogP contribution in [0.15, 0.2) is 36.4 Å². The van der Waals surface area contributed by atoms with Crippen molar-refractivity contribution in [3.8, 4) is 0 Å². The Kier molecular flexibility index (Phi) is 5.36. The van der Waals surface area contributed by atoms with Crippen molar-refractivity contribution >= 4 is 49.7 Å². The number of carbonyl (C=O) groups is 1. The smallest absolute Gasteiger partial charge is 0.242 e.